The third-order valence-corrected chi connectivity index (χ3v) is 4.05. The van der Waals surface area contributed by atoms with Gasteiger partial charge >= 0.3 is 0 Å². The monoisotopic (exact) mass is 342 g/mol. The van der Waals surface area contributed by atoms with E-state index in [4.69, 9.17) is 5.73 Å². The molecule has 0 radical (unpaired) electrons. The largest absolute Gasteiger partial charge is 0.370 e. The normalized spacial score (nSPS) is 17.6. The Morgan fingerprint density at radius 3 is 2.65 bits per heavy atom. The molecule has 2 N–H and O–H groups in total. The Labute approximate surface area is 127 Å². The molecule has 110 valence electrons. The van der Waals surface area contributed by atoms with Crippen LogP contribution in [0.15, 0.2) is 27.7 Å². The van der Waals surface area contributed by atoms with Crippen LogP contribution in [-0.2, 0) is 6.54 Å². The van der Waals surface area contributed by atoms with Gasteiger partial charge in [0.1, 0.15) is 5.82 Å². The number of guanidine groups is 1. The molecule has 0 spiro atoms. The van der Waals surface area contributed by atoms with Gasteiger partial charge in [0.2, 0.25) is 0 Å². The Morgan fingerprint density at radius 2 is 2.05 bits per heavy atom. The van der Waals surface area contributed by atoms with E-state index in [-0.39, 0.29) is 5.82 Å². The highest BCUT2D eigenvalue weighted by atomic mass is 79.9. The summed E-state index contributed by atoms with van der Waals surface area (Å²) in [6.07, 6.45) is 0. The predicted molar refractivity (Wildman–Crippen MR) is 83.1 cm³/mol. The van der Waals surface area contributed by atoms with Crippen LogP contribution in [0.1, 0.15) is 12.5 Å². The van der Waals surface area contributed by atoms with E-state index < -0.39 is 0 Å². The van der Waals surface area contributed by atoms with Crippen LogP contribution in [-0.4, -0.2) is 48.5 Å². The van der Waals surface area contributed by atoms with E-state index in [1.807, 2.05) is 13.0 Å². The number of halogens is 2. The molecule has 2 rings (SSSR count). The number of rotatable bonds is 3. The van der Waals surface area contributed by atoms with Crippen LogP contribution >= 0.6 is 15.9 Å². The van der Waals surface area contributed by atoms with Crippen molar-refractivity contribution in [3.63, 3.8) is 0 Å². The van der Waals surface area contributed by atoms with Crippen LogP contribution in [0.5, 0.6) is 0 Å². The molecular weight excluding hydrogens is 323 g/mol. The first-order valence-corrected chi connectivity index (χ1v) is 7.60. The third-order valence-electron chi connectivity index (χ3n) is 3.41. The lowest BCUT2D eigenvalue weighted by atomic mass is 10.2. The van der Waals surface area contributed by atoms with Gasteiger partial charge in [-0.3, -0.25) is 9.89 Å². The van der Waals surface area contributed by atoms with E-state index in [9.17, 15) is 4.39 Å². The Balaban J connectivity index is 1.88. The molecule has 1 heterocycles. The van der Waals surface area contributed by atoms with Crippen molar-refractivity contribution >= 4 is 21.9 Å². The van der Waals surface area contributed by atoms with Gasteiger partial charge < -0.3 is 10.6 Å². The average molecular weight is 343 g/mol. The Morgan fingerprint density at radius 1 is 1.35 bits per heavy atom. The Hall–Kier alpha value is -1.14. The van der Waals surface area contributed by atoms with E-state index in [1.165, 1.54) is 0 Å². The van der Waals surface area contributed by atoms with Crippen molar-refractivity contribution in [1.82, 2.24) is 9.80 Å². The molecule has 4 nitrogen and oxygen atoms in total. The zero-order valence-electron chi connectivity index (χ0n) is 11.6. The second-order valence-electron chi connectivity index (χ2n) is 4.84. The van der Waals surface area contributed by atoms with Gasteiger partial charge in [0, 0.05) is 39.3 Å². The molecule has 1 aliphatic rings. The first-order chi connectivity index (χ1) is 9.60. The number of aliphatic imine (C=N–C) groups is 1. The number of piperazine rings is 1. The number of nitrogens with zero attached hydrogens (tertiary/aromatic N) is 3. The lowest BCUT2D eigenvalue weighted by Crippen LogP contribution is -2.50. The summed E-state index contributed by atoms with van der Waals surface area (Å²) in [5, 5.41) is 0. The van der Waals surface area contributed by atoms with Crippen molar-refractivity contribution < 1.29 is 4.39 Å². The van der Waals surface area contributed by atoms with E-state index in [0.29, 0.717) is 17.0 Å². The maximum Gasteiger partial charge on any atom is 0.191 e. The van der Waals surface area contributed by atoms with Crippen molar-refractivity contribution in [3.05, 3.63) is 34.1 Å². The number of benzene rings is 1. The lowest BCUT2D eigenvalue weighted by Gasteiger charge is -2.35. The van der Waals surface area contributed by atoms with Gasteiger partial charge in [0.15, 0.2) is 5.96 Å². The molecule has 0 atom stereocenters. The van der Waals surface area contributed by atoms with Gasteiger partial charge in [-0.25, -0.2) is 4.39 Å². The van der Waals surface area contributed by atoms with Crippen molar-refractivity contribution in [2.75, 3.05) is 32.7 Å². The van der Waals surface area contributed by atoms with Crippen LogP contribution in [0.3, 0.4) is 0 Å². The minimum absolute atomic E-state index is 0.208. The maximum atomic E-state index is 13.5. The molecule has 0 aromatic heterocycles. The highest BCUT2D eigenvalue weighted by Gasteiger charge is 2.18. The summed E-state index contributed by atoms with van der Waals surface area (Å²) < 4.78 is 14.0. The fourth-order valence-electron chi connectivity index (χ4n) is 2.29. The average Bonchev–Trinajstić information content (AvgIpc) is 2.44. The molecule has 20 heavy (non-hydrogen) atoms. The minimum Gasteiger partial charge on any atom is -0.370 e. The second-order valence-corrected chi connectivity index (χ2v) is 5.70. The summed E-state index contributed by atoms with van der Waals surface area (Å²) >= 11 is 3.17. The van der Waals surface area contributed by atoms with E-state index >= 15 is 0 Å². The fourth-order valence-corrected chi connectivity index (χ4v) is 2.54. The second kappa shape index (κ2) is 7.04. The quantitative estimate of drug-likeness (QED) is 0.675. The lowest BCUT2D eigenvalue weighted by molar-refractivity contribution is 0.174. The van der Waals surface area contributed by atoms with Crippen molar-refractivity contribution in [2.24, 2.45) is 10.7 Å². The Bertz CT molecular complexity index is 484. The molecule has 1 aliphatic heterocycles. The number of nitrogens with two attached hydrogens (primary N) is 1. The maximum absolute atomic E-state index is 13.5. The molecule has 1 fully saturated rings. The van der Waals surface area contributed by atoms with Crippen molar-refractivity contribution in [3.8, 4) is 0 Å². The van der Waals surface area contributed by atoms with E-state index in [1.54, 1.807) is 12.1 Å². The fraction of sp³-hybridized carbons (Fsp3) is 0.500. The molecule has 0 bridgehead atoms. The first-order valence-electron chi connectivity index (χ1n) is 6.81. The predicted octanol–water partition coefficient (Wildman–Crippen LogP) is 2.04. The highest BCUT2D eigenvalue weighted by Crippen LogP contribution is 2.18. The highest BCUT2D eigenvalue weighted by molar-refractivity contribution is 9.10. The topological polar surface area (TPSA) is 44.9 Å². The summed E-state index contributed by atoms with van der Waals surface area (Å²) in [5.74, 6) is 0.419. The SMILES string of the molecule is CCN=C(N)N1CCN(Cc2ccc(Br)c(F)c2)CC1. The molecular formula is C14H20BrFN4. The van der Waals surface area contributed by atoms with Gasteiger partial charge in [-0.05, 0) is 40.5 Å². The zero-order valence-corrected chi connectivity index (χ0v) is 13.2. The Kier molecular flexibility index (Phi) is 5.37. The van der Waals surface area contributed by atoms with Gasteiger partial charge in [0.05, 0.1) is 4.47 Å². The number of hydrogen-bond donors (Lipinski definition) is 1. The van der Waals surface area contributed by atoms with Gasteiger partial charge in [-0.1, -0.05) is 6.07 Å². The van der Waals surface area contributed by atoms with Crippen LogP contribution in [0, 0.1) is 5.82 Å². The molecule has 0 saturated carbocycles. The van der Waals surface area contributed by atoms with Gasteiger partial charge in [-0.15, -0.1) is 0 Å². The van der Waals surface area contributed by atoms with Gasteiger partial charge in [-0.2, -0.15) is 0 Å². The number of hydrogen-bond acceptors (Lipinski definition) is 2. The van der Waals surface area contributed by atoms with Crippen LogP contribution in [0.25, 0.3) is 0 Å². The molecule has 6 heteroatoms. The van der Waals surface area contributed by atoms with Crippen LogP contribution in [0.2, 0.25) is 0 Å². The summed E-state index contributed by atoms with van der Waals surface area (Å²) in [6, 6.07) is 5.29. The van der Waals surface area contributed by atoms with E-state index in [2.05, 4.69) is 30.7 Å². The summed E-state index contributed by atoms with van der Waals surface area (Å²) in [4.78, 5) is 8.63. The molecule has 0 unspecified atom stereocenters. The summed E-state index contributed by atoms with van der Waals surface area (Å²) in [5.41, 5.74) is 6.89. The van der Waals surface area contributed by atoms with Crippen LogP contribution < -0.4 is 5.73 Å². The molecule has 1 saturated heterocycles. The standard InChI is InChI=1S/C14H20BrFN4/c1-2-18-14(17)20-7-5-19(6-8-20)10-11-3-4-12(15)13(16)9-11/h3-4,9H,2,5-8,10H2,1H3,(H2,17,18). The minimum atomic E-state index is -0.208. The van der Waals surface area contributed by atoms with E-state index in [0.717, 1.165) is 38.3 Å². The summed E-state index contributed by atoms with van der Waals surface area (Å²) in [6.45, 7) is 7.02. The smallest absolute Gasteiger partial charge is 0.191 e. The third kappa shape index (κ3) is 3.93. The van der Waals surface area contributed by atoms with Crippen molar-refractivity contribution in [2.45, 2.75) is 13.5 Å². The van der Waals surface area contributed by atoms with Gasteiger partial charge in [0.25, 0.3) is 0 Å². The van der Waals surface area contributed by atoms with Crippen LogP contribution in [0.4, 0.5) is 4.39 Å². The molecule has 1 aromatic carbocycles. The summed E-state index contributed by atoms with van der Waals surface area (Å²) in [7, 11) is 0. The molecule has 1 aromatic rings. The zero-order chi connectivity index (χ0) is 14.5. The molecule has 0 aliphatic carbocycles. The molecule has 0 amide bonds. The first kappa shape index (κ1) is 15.3. The van der Waals surface area contributed by atoms with Crippen molar-refractivity contribution in [1.29, 1.82) is 0 Å².